The van der Waals surface area contributed by atoms with Crippen LogP contribution >= 0.6 is 12.4 Å². The Kier molecular flexibility index (Phi) is 6.73. The molecule has 0 aromatic heterocycles. The molecule has 0 amide bonds. The van der Waals surface area contributed by atoms with Gasteiger partial charge < -0.3 is 5.32 Å². The molecule has 1 aromatic rings. The van der Waals surface area contributed by atoms with Gasteiger partial charge in [-0.25, -0.2) is 8.42 Å². The van der Waals surface area contributed by atoms with E-state index in [2.05, 4.69) is 5.32 Å². The average molecular weight is 350 g/mol. The molecule has 1 unspecified atom stereocenters. The van der Waals surface area contributed by atoms with Crippen molar-refractivity contribution in [3.8, 4) is 0 Å². The molecule has 1 heterocycles. The van der Waals surface area contributed by atoms with Crippen molar-refractivity contribution in [3.05, 3.63) is 34.4 Å². The third kappa shape index (κ3) is 4.16. The highest BCUT2D eigenvalue weighted by molar-refractivity contribution is 7.89. The number of non-ortho nitro benzene ring substituents is 1. The van der Waals surface area contributed by atoms with Crippen molar-refractivity contribution in [3.63, 3.8) is 0 Å². The topological polar surface area (TPSA) is 92.6 Å². The predicted molar refractivity (Wildman–Crippen MR) is 85.8 cm³/mol. The first-order valence-electron chi connectivity index (χ1n) is 6.84. The third-order valence-corrected chi connectivity index (χ3v) is 5.54. The van der Waals surface area contributed by atoms with Gasteiger partial charge in [-0.15, -0.1) is 12.4 Å². The highest BCUT2D eigenvalue weighted by atomic mass is 35.5. The summed E-state index contributed by atoms with van der Waals surface area (Å²) in [6.07, 6.45) is 1.84. The van der Waals surface area contributed by atoms with Gasteiger partial charge in [0.05, 0.1) is 9.82 Å². The van der Waals surface area contributed by atoms with Crippen molar-refractivity contribution >= 4 is 28.1 Å². The van der Waals surface area contributed by atoms with E-state index >= 15 is 0 Å². The molecule has 1 aliphatic heterocycles. The number of nitro groups is 1. The van der Waals surface area contributed by atoms with E-state index in [0.29, 0.717) is 19.0 Å². The largest absolute Gasteiger partial charge is 0.319 e. The molecule has 1 aromatic carbocycles. The SMILES string of the molecule is CNCC1CCCN(S(=O)(=O)c2ccc([N+](=O)[O-])cc2)C1.Cl. The number of halogens is 1. The molecule has 9 heteroatoms. The van der Waals surface area contributed by atoms with Gasteiger partial charge in [-0.05, 0) is 44.5 Å². The number of hydrogen-bond acceptors (Lipinski definition) is 5. The average Bonchev–Trinajstić information content (AvgIpc) is 2.48. The smallest absolute Gasteiger partial charge is 0.269 e. The molecule has 1 aliphatic rings. The molecule has 0 bridgehead atoms. The summed E-state index contributed by atoms with van der Waals surface area (Å²) < 4.78 is 26.6. The summed E-state index contributed by atoms with van der Waals surface area (Å²) in [6, 6.07) is 5.05. The summed E-state index contributed by atoms with van der Waals surface area (Å²) in [5, 5.41) is 13.7. The maximum absolute atomic E-state index is 12.6. The van der Waals surface area contributed by atoms with Crippen molar-refractivity contribution in [1.82, 2.24) is 9.62 Å². The summed E-state index contributed by atoms with van der Waals surface area (Å²) in [7, 11) is -1.72. The lowest BCUT2D eigenvalue weighted by molar-refractivity contribution is -0.384. The van der Waals surface area contributed by atoms with Gasteiger partial charge in [-0.3, -0.25) is 10.1 Å². The molecule has 2 rings (SSSR count). The van der Waals surface area contributed by atoms with Gasteiger partial charge >= 0.3 is 0 Å². The number of nitro benzene ring substituents is 1. The van der Waals surface area contributed by atoms with Crippen molar-refractivity contribution in [2.24, 2.45) is 5.92 Å². The van der Waals surface area contributed by atoms with Crippen LogP contribution in [0.1, 0.15) is 12.8 Å². The molecule has 1 saturated heterocycles. The Morgan fingerprint density at radius 1 is 1.36 bits per heavy atom. The summed E-state index contributed by atoms with van der Waals surface area (Å²) in [4.78, 5) is 10.2. The number of sulfonamides is 1. The maximum atomic E-state index is 12.6. The first-order valence-corrected chi connectivity index (χ1v) is 8.28. The van der Waals surface area contributed by atoms with Crippen LogP contribution in [0.3, 0.4) is 0 Å². The normalized spacial score (nSPS) is 19.4. The third-order valence-electron chi connectivity index (χ3n) is 3.66. The molecule has 1 atom stereocenters. The Labute approximate surface area is 136 Å². The van der Waals surface area contributed by atoms with Crippen LogP contribution in [0.15, 0.2) is 29.2 Å². The van der Waals surface area contributed by atoms with Crippen LogP contribution in [-0.4, -0.2) is 44.3 Å². The van der Waals surface area contributed by atoms with Crippen LogP contribution in [-0.2, 0) is 10.0 Å². The van der Waals surface area contributed by atoms with E-state index in [1.165, 1.54) is 28.6 Å². The van der Waals surface area contributed by atoms with Crippen molar-refractivity contribution in [2.75, 3.05) is 26.7 Å². The fraction of sp³-hybridized carbons (Fsp3) is 0.538. The van der Waals surface area contributed by atoms with Gasteiger partial charge in [0.2, 0.25) is 10.0 Å². The number of hydrogen-bond donors (Lipinski definition) is 1. The minimum atomic E-state index is -3.57. The monoisotopic (exact) mass is 349 g/mol. The Bertz CT molecular complexity index is 604. The van der Waals surface area contributed by atoms with E-state index in [4.69, 9.17) is 0 Å². The lowest BCUT2D eigenvalue weighted by Gasteiger charge is -2.31. The van der Waals surface area contributed by atoms with E-state index in [1.54, 1.807) is 0 Å². The number of nitrogens with zero attached hydrogens (tertiary/aromatic N) is 2. The lowest BCUT2D eigenvalue weighted by atomic mass is 10.00. The Morgan fingerprint density at radius 2 is 2.00 bits per heavy atom. The first kappa shape index (κ1) is 18.8. The molecular weight excluding hydrogens is 330 g/mol. The quantitative estimate of drug-likeness (QED) is 0.644. The number of benzene rings is 1. The molecule has 7 nitrogen and oxygen atoms in total. The van der Waals surface area contributed by atoms with Gasteiger partial charge in [-0.1, -0.05) is 0 Å². The van der Waals surface area contributed by atoms with Gasteiger partial charge in [0, 0.05) is 25.2 Å². The standard InChI is InChI=1S/C13H19N3O4S.ClH/c1-14-9-11-3-2-8-15(10-11)21(19,20)13-6-4-12(5-7-13)16(17)18;/h4-7,11,14H,2-3,8-10H2,1H3;1H. The number of rotatable bonds is 5. The highest BCUT2D eigenvalue weighted by Gasteiger charge is 2.30. The molecule has 0 spiro atoms. The molecule has 1 N–H and O–H groups in total. The lowest BCUT2D eigenvalue weighted by Crippen LogP contribution is -2.42. The van der Waals surface area contributed by atoms with Gasteiger partial charge in [0.25, 0.3) is 5.69 Å². The second-order valence-corrected chi connectivity index (χ2v) is 7.12. The fourth-order valence-electron chi connectivity index (χ4n) is 2.59. The van der Waals surface area contributed by atoms with Gasteiger partial charge in [-0.2, -0.15) is 4.31 Å². The van der Waals surface area contributed by atoms with E-state index in [1.807, 2.05) is 7.05 Å². The van der Waals surface area contributed by atoms with Crippen LogP contribution in [0.25, 0.3) is 0 Å². The molecule has 0 radical (unpaired) electrons. The predicted octanol–water partition coefficient (Wildman–Crippen LogP) is 1.64. The van der Waals surface area contributed by atoms with E-state index in [9.17, 15) is 18.5 Å². The van der Waals surface area contributed by atoms with Crippen LogP contribution in [0.4, 0.5) is 5.69 Å². The van der Waals surface area contributed by atoms with Crippen molar-refractivity contribution in [1.29, 1.82) is 0 Å². The molecule has 0 saturated carbocycles. The molecule has 22 heavy (non-hydrogen) atoms. The highest BCUT2D eigenvalue weighted by Crippen LogP contribution is 2.24. The summed E-state index contributed by atoms with van der Waals surface area (Å²) in [5.41, 5.74) is -0.111. The Hall–Kier alpha value is -1.22. The Morgan fingerprint density at radius 3 is 2.55 bits per heavy atom. The number of piperidine rings is 1. The molecule has 0 aliphatic carbocycles. The zero-order chi connectivity index (χ0) is 15.5. The molecule has 1 fully saturated rings. The van der Waals surface area contributed by atoms with Crippen LogP contribution < -0.4 is 5.32 Å². The second kappa shape index (κ2) is 7.87. The van der Waals surface area contributed by atoms with Crippen LogP contribution in [0.2, 0.25) is 0 Å². The summed E-state index contributed by atoms with van der Waals surface area (Å²) in [5.74, 6) is 0.302. The number of nitrogens with one attached hydrogen (secondary N) is 1. The summed E-state index contributed by atoms with van der Waals surface area (Å²) >= 11 is 0. The first-order chi connectivity index (χ1) is 9.95. The van der Waals surface area contributed by atoms with Gasteiger partial charge in [0.1, 0.15) is 0 Å². The fourth-order valence-corrected chi connectivity index (χ4v) is 4.14. The molecular formula is C13H20ClN3O4S. The van der Waals surface area contributed by atoms with Crippen LogP contribution in [0, 0.1) is 16.0 Å². The Balaban J connectivity index is 0.00000242. The zero-order valence-corrected chi connectivity index (χ0v) is 13.9. The maximum Gasteiger partial charge on any atom is 0.269 e. The van der Waals surface area contributed by atoms with E-state index < -0.39 is 14.9 Å². The second-order valence-electron chi connectivity index (χ2n) is 5.18. The van der Waals surface area contributed by atoms with Gasteiger partial charge in [0.15, 0.2) is 0 Å². The molecule has 124 valence electrons. The minimum Gasteiger partial charge on any atom is -0.319 e. The minimum absolute atomic E-state index is 0. The van der Waals surface area contributed by atoms with E-state index in [0.717, 1.165) is 19.4 Å². The zero-order valence-electron chi connectivity index (χ0n) is 12.3. The van der Waals surface area contributed by atoms with Crippen molar-refractivity contribution in [2.45, 2.75) is 17.7 Å². The van der Waals surface area contributed by atoms with E-state index in [-0.39, 0.29) is 23.0 Å². The summed E-state index contributed by atoms with van der Waals surface area (Å²) in [6.45, 7) is 1.77. The van der Waals surface area contributed by atoms with Crippen molar-refractivity contribution < 1.29 is 13.3 Å². The van der Waals surface area contributed by atoms with Crippen LogP contribution in [0.5, 0.6) is 0 Å².